The number of aromatic nitrogens is 1. The first-order chi connectivity index (χ1) is 9.67. The number of hydrogen-bond donors (Lipinski definition) is 3. The Bertz CT molecular complexity index is 436. The molecule has 2 amide bonds. The Morgan fingerprint density at radius 3 is 2.90 bits per heavy atom. The monoisotopic (exact) mass is 300 g/mol. The lowest BCUT2D eigenvalue weighted by Gasteiger charge is -2.05. The highest BCUT2D eigenvalue weighted by Crippen LogP contribution is 2.09. The van der Waals surface area contributed by atoms with E-state index < -0.39 is 0 Å². The highest BCUT2D eigenvalue weighted by atomic mass is 32.1. The molecule has 7 nitrogen and oxygen atoms in total. The summed E-state index contributed by atoms with van der Waals surface area (Å²) in [6, 6.07) is 0. The Balaban J connectivity index is 2.23. The van der Waals surface area contributed by atoms with Crippen LogP contribution in [0.15, 0.2) is 5.38 Å². The van der Waals surface area contributed by atoms with Gasteiger partial charge in [-0.25, -0.2) is 4.98 Å². The van der Waals surface area contributed by atoms with E-state index in [1.807, 2.05) is 0 Å². The molecule has 0 fully saturated rings. The zero-order chi connectivity index (χ0) is 14.8. The molecule has 0 aromatic carbocycles. The topological polar surface area (TPSA) is 106 Å². The summed E-state index contributed by atoms with van der Waals surface area (Å²) in [5.74, 6) is -0.390. The molecule has 1 aromatic heterocycles. The number of hydrogen-bond acceptors (Lipinski definition) is 6. The van der Waals surface area contributed by atoms with Crippen LogP contribution in [0.2, 0.25) is 0 Å². The third kappa shape index (κ3) is 6.09. The predicted molar refractivity (Wildman–Crippen MR) is 76.7 cm³/mol. The van der Waals surface area contributed by atoms with Crippen molar-refractivity contribution in [3.8, 4) is 0 Å². The molecule has 112 valence electrons. The summed E-state index contributed by atoms with van der Waals surface area (Å²) in [4.78, 5) is 27.3. The number of carbonyl (C=O) groups is 2. The van der Waals surface area contributed by atoms with Crippen molar-refractivity contribution in [3.63, 3.8) is 0 Å². The summed E-state index contributed by atoms with van der Waals surface area (Å²) in [5, 5.41) is 7.87. The first-order valence-corrected chi connectivity index (χ1v) is 7.23. The number of rotatable bonds is 9. The molecule has 0 saturated heterocycles. The molecule has 8 heteroatoms. The Morgan fingerprint density at radius 2 is 2.20 bits per heavy atom. The SMILES string of the molecule is COCCNC(=O)CCNC(=O)c1csc(CCN)n1. The molecule has 1 rings (SSSR count). The summed E-state index contributed by atoms with van der Waals surface area (Å²) in [6.45, 7) is 1.73. The molecule has 20 heavy (non-hydrogen) atoms. The van der Waals surface area contributed by atoms with E-state index in [2.05, 4.69) is 15.6 Å². The van der Waals surface area contributed by atoms with Crippen molar-refractivity contribution in [3.05, 3.63) is 16.1 Å². The highest BCUT2D eigenvalue weighted by molar-refractivity contribution is 7.09. The van der Waals surface area contributed by atoms with Crippen LogP contribution < -0.4 is 16.4 Å². The van der Waals surface area contributed by atoms with E-state index in [1.54, 1.807) is 12.5 Å². The minimum atomic E-state index is -0.269. The van der Waals surface area contributed by atoms with Gasteiger partial charge >= 0.3 is 0 Å². The number of nitrogens with one attached hydrogen (secondary N) is 2. The lowest BCUT2D eigenvalue weighted by Crippen LogP contribution is -2.32. The fourth-order valence-electron chi connectivity index (χ4n) is 1.41. The second-order valence-electron chi connectivity index (χ2n) is 4.01. The van der Waals surface area contributed by atoms with Crippen molar-refractivity contribution in [1.82, 2.24) is 15.6 Å². The van der Waals surface area contributed by atoms with Gasteiger partial charge in [-0.2, -0.15) is 0 Å². The van der Waals surface area contributed by atoms with E-state index in [0.29, 0.717) is 31.8 Å². The van der Waals surface area contributed by atoms with Crippen LogP contribution in [-0.4, -0.2) is 50.1 Å². The molecular formula is C12H20N4O3S. The van der Waals surface area contributed by atoms with Crippen LogP contribution in [0.1, 0.15) is 21.9 Å². The first-order valence-electron chi connectivity index (χ1n) is 6.35. The fourth-order valence-corrected chi connectivity index (χ4v) is 2.21. The lowest BCUT2D eigenvalue weighted by molar-refractivity contribution is -0.121. The van der Waals surface area contributed by atoms with E-state index in [0.717, 1.165) is 5.01 Å². The van der Waals surface area contributed by atoms with Crippen LogP contribution in [0.5, 0.6) is 0 Å². The van der Waals surface area contributed by atoms with E-state index >= 15 is 0 Å². The second-order valence-corrected chi connectivity index (χ2v) is 4.96. The van der Waals surface area contributed by atoms with Crippen LogP contribution in [0.4, 0.5) is 0 Å². The fraction of sp³-hybridized carbons (Fsp3) is 0.583. The van der Waals surface area contributed by atoms with Crippen molar-refractivity contribution in [2.45, 2.75) is 12.8 Å². The molecule has 0 atom stereocenters. The van der Waals surface area contributed by atoms with Gasteiger partial charge in [0.2, 0.25) is 5.91 Å². The molecule has 0 radical (unpaired) electrons. The number of thiazole rings is 1. The number of ether oxygens (including phenoxy) is 1. The summed E-state index contributed by atoms with van der Waals surface area (Å²) in [7, 11) is 1.57. The third-order valence-corrected chi connectivity index (χ3v) is 3.32. The molecule has 0 aliphatic rings. The number of carbonyl (C=O) groups excluding carboxylic acids is 2. The number of nitrogens with zero attached hydrogens (tertiary/aromatic N) is 1. The molecule has 1 aromatic rings. The average Bonchev–Trinajstić information content (AvgIpc) is 2.88. The summed E-state index contributed by atoms with van der Waals surface area (Å²) < 4.78 is 4.81. The van der Waals surface area contributed by atoms with E-state index in [1.165, 1.54) is 11.3 Å². The number of amides is 2. The minimum absolute atomic E-state index is 0.121. The third-order valence-electron chi connectivity index (χ3n) is 2.41. The van der Waals surface area contributed by atoms with Gasteiger partial charge in [-0.05, 0) is 6.54 Å². The van der Waals surface area contributed by atoms with Crippen LogP contribution >= 0.6 is 11.3 Å². The zero-order valence-corrected chi connectivity index (χ0v) is 12.3. The van der Waals surface area contributed by atoms with Crippen molar-refractivity contribution in [1.29, 1.82) is 0 Å². The van der Waals surface area contributed by atoms with Crippen molar-refractivity contribution >= 4 is 23.2 Å². The zero-order valence-electron chi connectivity index (χ0n) is 11.5. The maximum Gasteiger partial charge on any atom is 0.270 e. The minimum Gasteiger partial charge on any atom is -0.383 e. The highest BCUT2D eigenvalue weighted by Gasteiger charge is 2.10. The molecule has 4 N–H and O–H groups in total. The van der Waals surface area contributed by atoms with E-state index in [4.69, 9.17) is 10.5 Å². The maximum atomic E-state index is 11.8. The van der Waals surface area contributed by atoms with Gasteiger partial charge in [-0.3, -0.25) is 9.59 Å². The smallest absolute Gasteiger partial charge is 0.270 e. The summed E-state index contributed by atoms with van der Waals surface area (Å²) in [6.07, 6.45) is 0.898. The normalized spacial score (nSPS) is 10.3. The molecule has 0 aliphatic heterocycles. The van der Waals surface area contributed by atoms with Crippen LogP contribution in [0.3, 0.4) is 0 Å². The van der Waals surface area contributed by atoms with Gasteiger partial charge in [-0.15, -0.1) is 11.3 Å². The van der Waals surface area contributed by atoms with Gasteiger partial charge < -0.3 is 21.1 Å². The largest absolute Gasteiger partial charge is 0.383 e. The predicted octanol–water partition coefficient (Wildman–Crippen LogP) is -0.473. The van der Waals surface area contributed by atoms with Crippen molar-refractivity contribution < 1.29 is 14.3 Å². The van der Waals surface area contributed by atoms with Gasteiger partial charge in [-0.1, -0.05) is 0 Å². The van der Waals surface area contributed by atoms with Crippen molar-refractivity contribution in [2.75, 3.05) is 33.4 Å². The Hall–Kier alpha value is -1.51. The molecule has 0 aliphatic carbocycles. The molecule has 0 unspecified atom stereocenters. The molecule has 0 spiro atoms. The summed E-state index contributed by atoms with van der Waals surface area (Å²) in [5.41, 5.74) is 5.80. The van der Waals surface area contributed by atoms with E-state index in [9.17, 15) is 9.59 Å². The Kier molecular flexibility index (Phi) is 7.78. The molecule has 0 bridgehead atoms. The lowest BCUT2D eigenvalue weighted by atomic mass is 10.3. The number of nitrogens with two attached hydrogens (primary N) is 1. The molecular weight excluding hydrogens is 280 g/mol. The van der Waals surface area contributed by atoms with Gasteiger partial charge in [0.05, 0.1) is 11.6 Å². The first kappa shape index (κ1) is 16.5. The van der Waals surface area contributed by atoms with Gasteiger partial charge in [0.1, 0.15) is 5.69 Å². The number of methoxy groups -OCH3 is 1. The average molecular weight is 300 g/mol. The molecule has 0 saturated carbocycles. The van der Waals surface area contributed by atoms with Crippen LogP contribution in [0.25, 0.3) is 0 Å². The van der Waals surface area contributed by atoms with Gasteiger partial charge in [0.15, 0.2) is 0 Å². The Labute approximate surface area is 121 Å². The van der Waals surface area contributed by atoms with Crippen LogP contribution in [-0.2, 0) is 16.0 Å². The Morgan fingerprint density at radius 1 is 1.40 bits per heavy atom. The van der Waals surface area contributed by atoms with Crippen LogP contribution in [0, 0.1) is 0 Å². The van der Waals surface area contributed by atoms with E-state index in [-0.39, 0.29) is 24.8 Å². The summed E-state index contributed by atoms with van der Waals surface area (Å²) >= 11 is 1.41. The quantitative estimate of drug-likeness (QED) is 0.534. The van der Waals surface area contributed by atoms with Gasteiger partial charge in [0.25, 0.3) is 5.91 Å². The van der Waals surface area contributed by atoms with Crippen molar-refractivity contribution in [2.24, 2.45) is 5.73 Å². The standard InChI is InChI=1S/C12H20N4O3S/c1-19-7-6-14-10(17)3-5-15-12(18)9-8-20-11(16-9)2-4-13/h8H,2-7,13H2,1H3,(H,14,17)(H,15,18). The second kappa shape index (κ2) is 9.40. The maximum absolute atomic E-state index is 11.8. The van der Waals surface area contributed by atoms with Gasteiger partial charge in [0, 0.05) is 38.4 Å². The molecule has 1 heterocycles.